The van der Waals surface area contributed by atoms with E-state index >= 15 is 0 Å². The van der Waals surface area contributed by atoms with Gasteiger partial charge < -0.3 is 10.2 Å². The number of amides is 2. The summed E-state index contributed by atoms with van der Waals surface area (Å²) in [6, 6.07) is -0.905. The minimum Gasteiger partial charge on any atom is -0.342 e. The van der Waals surface area contributed by atoms with Gasteiger partial charge in [-0.15, -0.1) is 0 Å². The molecule has 2 amide bonds. The molecule has 1 heterocycles. The minimum atomic E-state index is -0.469. The van der Waals surface area contributed by atoms with Crippen LogP contribution >= 0.6 is 11.6 Å². The first kappa shape index (κ1) is 17.0. The number of halogens is 1. The Morgan fingerprint density at radius 1 is 1.40 bits per heavy atom. The van der Waals surface area contributed by atoms with Gasteiger partial charge in [0.15, 0.2) is 0 Å². The normalized spacial score (nSPS) is 26.0. The van der Waals surface area contributed by atoms with E-state index in [1.54, 1.807) is 11.0 Å². The van der Waals surface area contributed by atoms with E-state index in [9.17, 15) is 9.59 Å². The molecule has 3 unspecified atom stereocenters. The van der Waals surface area contributed by atoms with Crippen LogP contribution in [0.5, 0.6) is 0 Å². The molecular weight excluding hydrogens is 276 g/mol. The Kier molecular flexibility index (Phi) is 5.63. The lowest BCUT2D eigenvalue weighted by molar-refractivity contribution is -0.154. The summed E-state index contributed by atoms with van der Waals surface area (Å²) in [5.41, 5.74) is 1.07. The van der Waals surface area contributed by atoms with Crippen LogP contribution in [0.3, 0.4) is 0 Å². The molecule has 20 heavy (non-hydrogen) atoms. The lowest BCUT2D eigenvalue weighted by atomic mass is 9.81. The number of hydrogen-bond acceptors (Lipinski definition) is 2. The SMILES string of the molecule is CCC(C)C1NC(=O)C(C(C)(C)C)N(C/C=C/Cl)C1=O. The summed E-state index contributed by atoms with van der Waals surface area (Å²) in [5, 5.41) is 2.89. The van der Waals surface area contributed by atoms with Crippen molar-refractivity contribution in [1.29, 1.82) is 0 Å². The lowest BCUT2D eigenvalue weighted by Gasteiger charge is -2.45. The quantitative estimate of drug-likeness (QED) is 0.867. The summed E-state index contributed by atoms with van der Waals surface area (Å²) < 4.78 is 0. The van der Waals surface area contributed by atoms with Crippen molar-refractivity contribution >= 4 is 23.4 Å². The summed E-state index contributed by atoms with van der Waals surface area (Å²) in [6.45, 7) is 10.3. The van der Waals surface area contributed by atoms with Crippen LogP contribution < -0.4 is 5.32 Å². The van der Waals surface area contributed by atoms with Crippen LogP contribution in [-0.4, -0.2) is 35.3 Å². The number of hydrogen-bond donors (Lipinski definition) is 1. The number of nitrogens with one attached hydrogen (secondary N) is 1. The molecule has 3 atom stereocenters. The zero-order valence-electron chi connectivity index (χ0n) is 12.9. The van der Waals surface area contributed by atoms with Crippen LogP contribution in [-0.2, 0) is 9.59 Å². The Balaban J connectivity index is 3.10. The minimum absolute atomic E-state index is 0.0198. The Hall–Kier alpha value is -1.03. The van der Waals surface area contributed by atoms with Crippen LogP contribution in [0.1, 0.15) is 41.0 Å². The number of carbonyl (C=O) groups is 2. The molecule has 1 aliphatic heterocycles. The van der Waals surface area contributed by atoms with Crippen molar-refractivity contribution in [3.05, 3.63) is 11.6 Å². The van der Waals surface area contributed by atoms with Gasteiger partial charge in [-0.2, -0.15) is 0 Å². The van der Waals surface area contributed by atoms with Gasteiger partial charge in [0.05, 0.1) is 0 Å². The topological polar surface area (TPSA) is 49.4 Å². The molecule has 0 aromatic carbocycles. The van der Waals surface area contributed by atoms with Gasteiger partial charge in [-0.05, 0) is 11.3 Å². The first-order chi connectivity index (χ1) is 9.23. The molecule has 1 N–H and O–H groups in total. The van der Waals surface area contributed by atoms with E-state index in [0.29, 0.717) is 6.54 Å². The van der Waals surface area contributed by atoms with Crippen molar-refractivity contribution in [2.75, 3.05) is 6.54 Å². The Morgan fingerprint density at radius 2 is 2.00 bits per heavy atom. The van der Waals surface area contributed by atoms with Crippen LogP contribution in [0, 0.1) is 11.3 Å². The molecule has 1 rings (SSSR count). The second kappa shape index (κ2) is 6.61. The summed E-state index contributed by atoms with van der Waals surface area (Å²) in [6.07, 6.45) is 2.54. The zero-order chi connectivity index (χ0) is 15.5. The van der Waals surface area contributed by atoms with Crippen molar-refractivity contribution in [3.8, 4) is 0 Å². The highest BCUT2D eigenvalue weighted by Gasteiger charge is 2.46. The fourth-order valence-electron chi connectivity index (χ4n) is 2.57. The molecule has 1 aliphatic rings. The molecule has 0 spiro atoms. The zero-order valence-corrected chi connectivity index (χ0v) is 13.7. The average Bonchev–Trinajstić information content (AvgIpc) is 2.36. The standard InChI is InChI=1S/C15H25ClN2O2/c1-6-10(2)11-14(20)18(9-7-8-16)12(13(19)17-11)15(3,4)5/h7-8,10-12H,6,9H2,1-5H3,(H,17,19)/b8-7+. The third-order valence-corrected chi connectivity index (χ3v) is 4.01. The molecule has 0 aromatic heterocycles. The number of rotatable bonds is 4. The van der Waals surface area contributed by atoms with Crippen molar-refractivity contribution in [2.45, 2.75) is 53.1 Å². The third kappa shape index (κ3) is 3.54. The molecule has 1 saturated heterocycles. The van der Waals surface area contributed by atoms with Gasteiger partial charge in [-0.1, -0.05) is 58.7 Å². The molecule has 0 aliphatic carbocycles. The first-order valence-electron chi connectivity index (χ1n) is 7.10. The maximum absolute atomic E-state index is 12.7. The Labute approximate surface area is 126 Å². The predicted molar refractivity (Wildman–Crippen MR) is 81.3 cm³/mol. The fraction of sp³-hybridized carbons (Fsp3) is 0.733. The molecule has 1 fully saturated rings. The highest BCUT2D eigenvalue weighted by Crippen LogP contribution is 2.29. The number of nitrogens with zero attached hydrogens (tertiary/aromatic N) is 1. The van der Waals surface area contributed by atoms with E-state index in [1.165, 1.54) is 5.54 Å². The highest BCUT2D eigenvalue weighted by atomic mass is 35.5. The molecule has 0 aromatic rings. The second-order valence-electron chi connectivity index (χ2n) is 6.49. The molecule has 5 heteroatoms. The molecular formula is C15H25ClN2O2. The lowest BCUT2D eigenvalue weighted by Crippen LogP contribution is -2.67. The summed E-state index contributed by atoms with van der Waals surface area (Å²) in [7, 11) is 0. The van der Waals surface area contributed by atoms with E-state index in [4.69, 9.17) is 11.6 Å². The van der Waals surface area contributed by atoms with E-state index in [2.05, 4.69) is 5.32 Å². The first-order valence-corrected chi connectivity index (χ1v) is 7.53. The highest BCUT2D eigenvalue weighted by molar-refractivity contribution is 6.25. The van der Waals surface area contributed by atoms with Crippen LogP contribution in [0.4, 0.5) is 0 Å². The van der Waals surface area contributed by atoms with Crippen molar-refractivity contribution < 1.29 is 9.59 Å². The summed E-state index contributed by atoms with van der Waals surface area (Å²) in [5.74, 6) is 0.0221. The van der Waals surface area contributed by atoms with E-state index in [-0.39, 0.29) is 23.1 Å². The van der Waals surface area contributed by atoms with E-state index in [0.717, 1.165) is 6.42 Å². The van der Waals surface area contributed by atoms with Gasteiger partial charge in [0.1, 0.15) is 12.1 Å². The molecule has 4 nitrogen and oxygen atoms in total. The fourth-order valence-corrected chi connectivity index (χ4v) is 2.65. The van der Waals surface area contributed by atoms with Gasteiger partial charge >= 0.3 is 0 Å². The molecule has 0 radical (unpaired) electrons. The van der Waals surface area contributed by atoms with Crippen molar-refractivity contribution in [1.82, 2.24) is 10.2 Å². The average molecular weight is 301 g/mol. The summed E-state index contributed by atoms with van der Waals surface area (Å²) in [4.78, 5) is 26.7. The number of carbonyl (C=O) groups excluding carboxylic acids is 2. The predicted octanol–water partition coefficient (Wildman–Crippen LogP) is 2.53. The maximum Gasteiger partial charge on any atom is 0.246 e. The summed E-state index contributed by atoms with van der Waals surface area (Å²) >= 11 is 5.57. The Bertz CT molecular complexity index is 401. The monoisotopic (exact) mass is 300 g/mol. The third-order valence-electron chi connectivity index (χ3n) is 3.83. The molecule has 0 saturated carbocycles. The van der Waals surface area contributed by atoms with Crippen molar-refractivity contribution in [3.63, 3.8) is 0 Å². The Morgan fingerprint density at radius 3 is 2.45 bits per heavy atom. The van der Waals surface area contributed by atoms with E-state index in [1.807, 2.05) is 34.6 Å². The molecule has 0 bridgehead atoms. The van der Waals surface area contributed by atoms with Gasteiger partial charge in [0, 0.05) is 12.1 Å². The van der Waals surface area contributed by atoms with Crippen LogP contribution in [0.15, 0.2) is 11.6 Å². The van der Waals surface area contributed by atoms with E-state index < -0.39 is 12.1 Å². The maximum atomic E-state index is 12.7. The van der Waals surface area contributed by atoms with Gasteiger partial charge in [0.25, 0.3) is 0 Å². The van der Waals surface area contributed by atoms with Gasteiger partial charge in [0.2, 0.25) is 11.8 Å². The smallest absolute Gasteiger partial charge is 0.246 e. The van der Waals surface area contributed by atoms with Crippen LogP contribution in [0.25, 0.3) is 0 Å². The van der Waals surface area contributed by atoms with Crippen LogP contribution in [0.2, 0.25) is 0 Å². The van der Waals surface area contributed by atoms with Gasteiger partial charge in [-0.25, -0.2) is 0 Å². The van der Waals surface area contributed by atoms with Crippen molar-refractivity contribution in [2.24, 2.45) is 11.3 Å². The second-order valence-corrected chi connectivity index (χ2v) is 6.74. The van der Waals surface area contributed by atoms with Gasteiger partial charge in [-0.3, -0.25) is 9.59 Å². The largest absolute Gasteiger partial charge is 0.342 e. The molecule has 114 valence electrons. The number of piperazine rings is 1.